The molecule has 0 aliphatic carbocycles. The Labute approximate surface area is 194 Å². The SMILES string of the molecule is CCCS(=O)(=O)N1CCC(NC(=NCC(C)CN2CCOCC2)NCC)CC1.I. The standard InChI is InChI=1S/C19H39N5O3S.HI/c1-4-14-28(25,26)24-8-6-18(7-9-24)22-19(20-5-2)21-15-17(3)16-23-10-12-27-13-11-23;/h17-18H,4-16H2,1-3H3,(H2,20,21,22);1H. The molecule has 2 saturated heterocycles. The number of morpholine rings is 1. The van der Waals surface area contributed by atoms with Gasteiger partial charge in [0.1, 0.15) is 0 Å². The van der Waals surface area contributed by atoms with Crippen molar-refractivity contribution in [3.05, 3.63) is 0 Å². The summed E-state index contributed by atoms with van der Waals surface area (Å²) in [6, 6.07) is 0.264. The van der Waals surface area contributed by atoms with E-state index in [0.29, 0.717) is 25.4 Å². The summed E-state index contributed by atoms with van der Waals surface area (Å²) < 4.78 is 31.5. The lowest BCUT2D eigenvalue weighted by Gasteiger charge is -2.32. The molecule has 2 aliphatic heterocycles. The third-order valence-corrected chi connectivity index (χ3v) is 7.31. The van der Waals surface area contributed by atoms with Crippen LogP contribution in [0.3, 0.4) is 0 Å². The fraction of sp³-hybridized carbons (Fsp3) is 0.947. The maximum atomic E-state index is 12.2. The molecule has 0 spiro atoms. The molecular weight excluding hydrogens is 505 g/mol. The predicted octanol–water partition coefficient (Wildman–Crippen LogP) is 1.33. The second-order valence-corrected chi connectivity index (χ2v) is 9.96. The summed E-state index contributed by atoms with van der Waals surface area (Å²) in [6.07, 6.45) is 2.30. The number of aliphatic imine (C=N–C) groups is 1. The third kappa shape index (κ3) is 9.67. The first kappa shape index (κ1) is 26.9. The van der Waals surface area contributed by atoms with E-state index in [0.717, 1.165) is 64.7 Å². The molecule has 2 rings (SSSR count). The highest BCUT2D eigenvalue weighted by molar-refractivity contribution is 14.0. The minimum absolute atomic E-state index is 0. The molecule has 29 heavy (non-hydrogen) atoms. The van der Waals surface area contributed by atoms with Crippen LogP contribution in [0.15, 0.2) is 4.99 Å². The molecule has 0 amide bonds. The maximum Gasteiger partial charge on any atom is 0.214 e. The van der Waals surface area contributed by atoms with Crippen LogP contribution in [0.5, 0.6) is 0 Å². The molecule has 0 radical (unpaired) electrons. The molecule has 2 aliphatic rings. The molecule has 1 atom stereocenters. The van der Waals surface area contributed by atoms with Gasteiger partial charge in [0.15, 0.2) is 5.96 Å². The van der Waals surface area contributed by atoms with Crippen LogP contribution in [0.4, 0.5) is 0 Å². The number of piperidine rings is 1. The smallest absolute Gasteiger partial charge is 0.214 e. The summed E-state index contributed by atoms with van der Waals surface area (Å²) >= 11 is 0. The minimum Gasteiger partial charge on any atom is -0.379 e. The number of rotatable bonds is 9. The van der Waals surface area contributed by atoms with Crippen LogP contribution >= 0.6 is 24.0 Å². The van der Waals surface area contributed by atoms with E-state index in [1.165, 1.54) is 0 Å². The Hall–Kier alpha value is -0.170. The number of nitrogens with one attached hydrogen (secondary N) is 2. The predicted molar refractivity (Wildman–Crippen MR) is 130 cm³/mol. The van der Waals surface area contributed by atoms with E-state index in [1.807, 2.05) is 6.92 Å². The van der Waals surface area contributed by atoms with Crippen molar-refractivity contribution in [1.29, 1.82) is 0 Å². The van der Waals surface area contributed by atoms with Crippen LogP contribution in [0.2, 0.25) is 0 Å². The molecule has 0 aromatic heterocycles. The molecule has 2 N–H and O–H groups in total. The van der Waals surface area contributed by atoms with Crippen LogP contribution in [-0.2, 0) is 14.8 Å². The molecule has 0 aromatic carbocycles. The quantitative estimate of drug-likeness (QED) is 0.259. The minimum atomic E-state index is -3.09. The van der Waals surface area contributed by atoms with Crippen LogP contribution < -0.4 is 10.6 Å². The summed E-state index contributed by atoms with van der Waals surface area (Å²) in [7, 11) is -3.09. The molecular formula is C19H40IN5O3S. The van der Waals surface area contributed by atoms with Gasteiger partial charge in [-0.25, -0.2) is 12.7 Å². The number of hydrogen-bond donors (Lipinski definition) is 2. The largest absolute Gasteiger partial charge is 0.379 e. The highest BCUT2D eigenvalue weighted by atomic mass is 127. The summed E-state index contributed by atoms with van der Waals surface area (Å²) in [5, 5.41) is 6.83. The molecule has 0 saturated carbocycles. The van der Waals surface area contributed by atoms with Gasteiger partial charge in [-0.1, -0.05) is 13.8 Å². The lowest BCUT2D eigenvalue weighted by atomic mass is 10.1. The van der Waals surface area contributed by atoms with Crippen LogP contribution in [-0.4, -0.2) is 94.4 Å². The van der Waals surface area contributed by atoms with Crippen LogP contribution in [0, 0.1) is 5.92 Å². The van der Waals surface area contributed by atoms with Crippen molar-refractivity contribution in [3.8, 4) is 0 Å². The Bertz CT molecular complexity index is 576. The normalized spacial score (nSPS) is 21.4. The summed E-state index contributed by atoms with van der Waals surface area (Å²) in [5.74, 6) is 1.57. The topological polar surface area (TPSA) is 86.3 Å². The maximum absolute atomic E-state index is 12.2. The van der Waals surface area contributed by atoms with Crippen molar-refractivity contribution in [3.63, 3.8) is 0 Å². The van der Waals surface area contributed by atoms with Crippen molar-refractivity contribution < 1.29 is 13.2 Å². The van der Waals surface area contributed by atoms with Gasteiger partial charge in [0, 0.05) is 51.9 Å². The van der Waals surface area contributed by atoms with Gasteiger partial charge < -0.3 is 15.4 Å². The summed E-state index contributed by atoms with van der Waals surface area (Å²) in [6.45, 7) is 13.7. The average molecular weight is 546 g/mol. The first-order valence-corrected chi connectivity index (χ1v) is 12.4. The Balaban J connectivity index is 0.00000420. The first-order chi connectivity index (χ1) is 13.4. The fourth-order valence-corrected chi connectivity index (χ4v) is 5.25. The van der Waals surface area contributed by atoms with E-state index >= 15 is 0 Å². The number of nitrogens with zero attached hydrogens (tertiary/aromatic N) is 3. The Morgan fingerprint density at radius 1 is 1.17 bits per heavy atom. The monoisotopic (exact) mass is 545 g/mol. The van der Waals surface area contributed by atoms with Gasteiger partial charge >= 0.3 is 0 Å². The Kier molecular flexibility index (Phi) is 13.0. The number of guanidine groups is 1. The summed E-state index contributed by atoms with van der Waals surface area (Å²) in [5.41, 5.74) is 0. The number of halogens is 1. The second-order valence-electron chi connectivity index (χ2n) is 7.87. The fourth-order valence-electron chi connectivity index (χ4n) is 3.71. The zero-order valence-electron chi connectivity index (χ0n) is 18.2. The van der Waals surface area contributed by atoms with Crippen molar-refractivity contribution >= 4 is 40.0 Å². The van der Waals surface area contributed by atoms with E-state index in [-0.39, 0.29) is 35.8 Å². The van der Waals surface area contributed by atoms with Gasteiger partial charge in [0.05, 0.1) is 19.0 Å². The van der Waals surface area contributed by atoms with E-state index in [1.54, 1.807) is 4.31 Å². The molecule has 2 fully saturated rings. The van der Waals surface area contributed by atoms with Crippen molar-refractivity contribution in [1.82, 2.24) is 19.8 Å². The molecule has 2 heterocycles. The summed E-state index contributed by atoms with van der Waals surface area (Å²) in [4.78, 5) is 7.22. The van der Waals surface area contributed by atoms with Gasteiger partial charge in [0.2, 0.25) is 10.0 Å². The van der Waals surface area contributed by atoms with Crippen molar-refractivity contribution in [2.75, 3.05) is 64.8 Å². The van der Waals surface area contributed by atoms with E-state index in [2.05, 4.69) is 29.4 Å². The molecule has 0 bridgehead atoms. The van der Waals surface area contributed by atoms with Gasteiger partial charge in [-0.15, -0.1) is 24.0 Å². The zero-order chi connectivity index (χ0) is 20.4. The third-order valence-electron chi connectivity index (χ3n) is 5.23. The first-order valence-electron chi connectivity index (χ1n) is 10.8. The molecule has 1 unspecified atom stereocenters. The number of sulfonamides is 1. The average Bonchev–Trinajstić information content (AvgIpc) is 2.67. The highest BCUT2D eigenvalue weighted by Crippen LogP contribution is 2.15. The molecule has 0 aromatic rings. The Morgan fingerprint density at radius 3 is 2.41 bits per heavy atom. The van der Waals surface area contributed by atoms with Gasteiger partial charge in [-0.3, -0.25) is 9.89 Å². The van der Waals surface area contributed by atoms with E-state index in [9.17, 15) is 8.42 Å². The van der Waals surface area contributed by atoms with E-state index in [4.69, 9.17) is 9.73 Å². The number of hydrogen-bond acceptors (Lipinski definition) is 5. The molecule has 10 heteroatoms. The highest BCUT2D eigenvalue weighted by Gasteiger charge is 2.27. The van der Waals surface area contributed by atoms with Gasteiger partial charge in [0.25, 0.3) is 0 Å². The van der Waals surface area contributed by atoms with E-state index < -0.39 is 10.0 Å². The molecule has 8 nitrogen and oxygen atoms in total. The number of ether oxygens (including phenoxy) is 1. The van der Waals surface area contributed by atoms with Gasteiger partial charge in [-0.05, 0) is 32.1 Å². The zero-order valence-corrected chi connectivity index (χ0v) is 21.4. The van der Waals surface area contributed by atoms with Crippen LogP contribution in [0.25, 0.3) is 0 Å². The van der Waals surface area contributed by atoms with Crippen molar-refractivity contribution in [2.45, 2.75) is 46.1 Å². The van der Waals surface area contributed by atoms with Crippen LogP contribution in [0.1, 0.15) is 40.0 Å². The van der Waals surface area contributed by atoms with Crippen molar-refractivity contribution in [2.24, 2.45) is 10.9 Å². The Morgan fingerprint density at radius 2 is 1.83 bits per heavy atom. The second kappa shape index (κ2) is 14.0. The van der Waals surface area contributed by atoms with Gasteiger partial charge in [-0.2, -0.15) is 0 Å². The lowest BCUT2D eigenvalue weighted by Crippen LogP contribution is -2.50. The lowest BCUT2D eigenvalue weighted by molar-refractivity contribution is 0.0323. The molecule has 172 valence electrons.